The summed E-state index contributed by atoms with van der Waals surface area (Å²) in [5, 5.41) is 13.3. The lowest BCUT2D eigenvalue weighted by Gasteiger charge is -2.25. The molecule has 7 heteroatoms. The quantitative estimate of drug-likeness (QED) is 0.882. The van der Waals surface area contributed by atoms with E-state index in [4.69, 9.17) is 9.47 Å². The number of anilines is 1. The van der Waals surface area contributed by atoms with Crippen LogP contribution in [0.2, 0.25) is 0 Å². The zero-order chi connectivity index (χ0) is 15.4. The third kappa shape index (κ3) is 3.79. The number of nitrogens with one attached hydrogen (secondary N) is 1. The minimum Gasteiger partial charge on any atom is -0.360 e. The minimum absolute atomic E-state index is 0.408. The molecule has 3 heterocycles. The Balaban J connectivity index is 1.52. The van der Waals surface area contributed by atoms with E-state index in [9.17, 15) is 0 Å². The summed E-state index contributed by atoms with van der Waals surface area (Å²) in [5.41, 5.74) is 0.848. The number of hydrogen-bond acceptors (Lipinski definition) is 7. The molecule has 1 aliphatic heterocycles. The van der Waals surface area contributed by atoms with Gasteiger partial charge in [-0.2, -0.15) is 0 Å². The maximum Gasteiger partial charge on any atom is 0.206 e. The predicted molar refractivity (Wildman–Crippen MR) is 85.7 cm³/mol. The fourth-order valence-corrected chi connectivity index (χ4v) is 3.26. The average Bonchev–Trinajstić information content (AvgIpc) is 3.15. The molecule has 2 aromatic rings. The highest BCUT2D eigenvalue weighted by molar-refractivity contribution is 7.18. The van der Waals surface area contributed by atoms with Gasteiger partial charge in [0.1, 0.15) is 5.69 Å². The van der Waals surface area contributed by atoms with Crippen LogP contribution in [-0.4, -0.2) is 40.7 Å². The van der Waals surface area contributed by atoms with Gasteiger partial charge >= 0.3 is 0 Å². The maximum atomic E-state index is 5.64. The highest BCUT2D eigenvalue weighted by atomic mass is 32.1. The second-order valence-electron chi connectivity index (χ2n) is 5.65. The Hall–Kier alpha value is -1.57. The smallest absolute Gasteiger partial charge is 0.206 e. The molecule has 0 saturated carbocycles. The van der Waals surface area contributed by atoms with Crippen molar-refractivity contribution in [3.63, 3.8) is 0 Å². The Morgan fingerprint density at radius 3 is 2.86 bits per heavy atom. The monoisotopic (exact) mass is 320 g/mol. The van der Waals surface area contributed by atoms with Gasteiger partial charge < -0.3 is 14.8 Å². The number of pyridine rings is 1. The van der Waals surface area contributed by atoms with Crippen molar-refractivity contribution in [1.29, 1.82) is 0 Å². The van der Waals surface area contributed by atoms with Gasteiger partial charge in [-0.3, -0.25) is 4.98 Å². The summed E-state index contributed by atoms with van der Waals surface area (Å²) in [4.78, 5) is 4.28. The van der Waals surface area contributed by atoms with Crippen molar-refractivity contribution in [1.82, 2.24) is 15.2 Å². The number of nitrogens with zero attached hydrogens (tertiary/aromatic N) is 3. The zero-order valence-electron chi connectivity index (χ0n) is 12.8. The summed E-state index contributed by atoms with van der Waals surface area (Å²) in [5.74, 6) is -0.0354. The Bertz CT molecular complexity index is 599. The summed E-state index contributed by atoms with van der Waals surface area (Å²) >= 11 is 1.51. The van der Waals surface area contributed by atoms with E-state index in [0.29, 0.717) is 19.1 Å². The van der Waals surface area contributed by atoms with Crippen molar-refractivity contribution in [2.75, 3.05) is 25.1 Å². The van der Waals surface area contributed by atoms with Gasteiger partial charge in [0, 0.05) is 19.2 Å². The molecule has 22 heavy (non-hydrogen) atoms. The molecular weight excluding hydrogens is 300 g/mol. The number of hydrogen-bond donors (Lipinski definition) is 1. The normalized spacial score (nSPS) is 18.3. The first-order chi connectivity index (χ1) is 10.6. The third-order valence-corrected chi connectivity index (χ3v) is 4.43. The van der Waals surface area contributed by atoms with Crippen LogP contribution >= 0.6 is 11.3 Å². The number of ether oxygens (including phenoxy) is 2. The van der Waals surface area contributed by atoms with Crippen LogP contribution in [0.4, 0.5) is 5.13 Å². The van der Waals surface area contributed by atoms with Crippen molar-refractivity contribution >= 4 is 16.5 Å². The maximum absolute atomic E-state index is 5.64. The predicted octanol–water partition coefficient (Wildman–Crippen LogP) is 2.80. The van der Waals surface area contributed by atoms with E-state index in [1.807, 2.05) is 25.1 Å². The summed E-state index contributed by atoms with van der Waals surface area (Å²) in [6.45, 7) is 6.34. The largest absolute Gasteiger partial charge is 0.360 e. The zero-order valence-corrected chi connectivity index (χ0v) is 13.6. The molecule has 1 unspecified atom stereocenters. The van der Waals surface area contributed by atoms with E-state index >= 15 is 0 Å². The molecule has 1 fully saturated rings. The number of aromatic nitrogens is 3. The molecule has 0 radical (unpaired) electrons. The van der Waals surface area contributed by atoms with Crippen LogP contribution in [0.15, 0.2) is 24.4 Å². The topological polar surface area (TPSA) is 69.2 Å². The first-order valence-corrected chi connectivity index (χ1v) is 8.23. The summed E-state index contributed by atoms with van der Waals surface area (Å²) in [7, 11) is 0. The van der Waals surface area contributed by atoms with Crippen molar-refractivity contribution in [3.8, 4) is 10.7 Å². The van der Waals surface area contributed by atoms with Gasteiger partial charge in [0.15, 0.2) is 10.8 Å². The second-order valence-corrected chi connectivity index (χ2v) is 6.63. The lowest BCUT2D eigenvalue weighted by molar-refractivity contribution is -0.153. The molecule has 118 valence electrons. The fraction of sp³-hybridized carbons (Fsp3) is 0.533. The molecule has 2 aromatic heterocycles. The third-order valence-electron chi connectivity index (χ3n) is 3.53. The lowest BCUT2D eigenvalue weighted by Crippen LogP contribution is -2.30. The Morgan fingerprint density at radius 1 is 1.32 bits per heavy atom. The molecule has 1 N–H and O–H groups in total. The second kappa shape index (κ2) is 6.68. The van der Waals surface area contributed by atoms with E-state index < -0.39 is 5.79 Å². The van der Waals surface area contributed by atoms with Gasteiger partial charge in [0.05, 0.1) is 13.2 Å². The molecule has 6 nitrogen and oxygen atoms in total. The first-order valence-electron chi connectivity index (χ1n) is 7.41. The van der Waals surface area contributed by atoms with Crippen LogP contribution in [-0.2, 0) is 9.47 Å². The molecule has 0 spiro atoms. The van der Waals surface area contributed by atoms with Crippen LogP contribution < -0.4 is 5.32 Å². The van der Waals surface area contributed by atoms with Gasteiger partial charge in [0.25, 0.3) is 0 Å². The molecule has 0 aliphatic carbocycles. The highest BCUT2D eigenvalue weighted by Crippen LogP contribution is 2.28. The van der Waals surface area contributed by atoms with Crippen molar-refractivity contribution in [2.24, 2.45) is 5.92 Å². The summed E-state index contributed by atoms with van der Waals surface area (Å²) in [6.07, 6.45) is 2.61. The highest BCUT2D eigenvalue weighted by Gasteiger charge is 2.32. The van der Waals surface area contributed by atoms with E-state index in [-0.39, 0.29) is 0 Å². The van der Waals surface area contributed by atoms with Crippen molar-refractivity contribution < 1.29 is 9.47 Å². The van der Waals surface area contributed by atoms with E-state index in [1.54, 1.807) is 6.20 Å². The SMILES string of the molecule is CC(CNc1nnc(-c2ccccn2)s1)CC1(C)OCCO1. The van der Waals surface area contributed by atoms with Crippen LogP contribution in [0, 0.1) is 5.92 Å². The van der Waals surface area contributed by atoms with E-state index in [2.05, 4.69) is 27.4 Å². The van der Waals surface area contributed by atoms with E-state index in [0.717, 1.165) is 28.8 Å². The Morgan fingerprint density at radius 2 is 2.14 bits per heavy atom. The fourth-order valence-electron chi connectivity index (χ4n) is 2.53. The minimum atomic E-state index is -0.443. The molecule has 1 saturated heterocycles. The lowest BCUT2D eigenvalue weighted by atomic mass is 10.0. The molecular formula is C15H20N4O2S. The van der Waals surface area contributed by atoms with Crippen LogP contribution in [0.3, 0.4) is 0 Å². The van der Waals surface area contributed by atoms with Gasteiger partial charge in [-0.05, 0) is 25.0 Å². The van der Waals surface area contributed by atoms with Crippen LogP contribution in [0.5, 0.6) is 0 Å². The van der Waals surface area contributed by atoms with Gasteiger partial charge in [-0.25, -0.2) is 0 Å². The molecule has 1 aliphatic rings. The summed E-state index contributed by atoms with van der Waals surface area (Å²) in [6, 6.07) is 5.77. The van der Waals surface area contributed by atoms with E-state index in [1.165, 1.54) is 11.3 Å². The van der Waals surface area contributed by atoms with Crippen molar-refractivity contribution in [3.05, 3.63) is 24.4 Å². The summed E-state index contributed by atoms with van der Waals surface area (Å²) < 4.78 is 11.3. The molecule has 0 bridgehead atoms. The number of rotatable bonds is 6. The molecule has 0 amide bonds. The molecule has 1 atom stereocenters. The first kappa shape index (κ1) is 15.3. The van der Waals surface area contributed by atoms with Crippen LogP contribution in [0.25, 0.3) is 10.7 Å². The molecule has 0 aromatic carbocycles. The van der Waals surface area contributed by atoms with Crippen LogP contribution in [0.1, 0.15) is 20.3 Å². The Labute approximate surface area is 133 Å². The Kier molecular flexibility index (Phi) is 4.66. The van der Waals surface area contributed by atoms with Gasteiger partial charge in [-0.1, -0.05) is 24.3 Å². The van der Waals surface area contributed by atoms with Gasteiger partial charge in [0.2, 0.25) is 5.13 Å². The van der Waals surface area contributed by atoms with Gasteiger partial charge in [-0.15, -0.1) is 10.2 Å². The van der Waals surface area contributed by atoms with Crippen molar-refractivity contribution in [2.45, 2.75) is 26.1 Å². The average molecular weight is 320 g/mol. The standard InChI is InChI=1S/C15H20N4O2S/c1-11(9-15(2)20-7-8-21-15)10-17-14-19-18-13(22-14)12-5-3-4-6-16-12/h3-6,11H,7-10H2,1-2H3,(H,17,19). The molecule has 3 rings (SSSR count).